The zero-order chi connectivity index (χ0) is 17.9. The standard InChI is InChI=1S/C18H25N3O3/c1-13-5-6-15(14(2)11-13)19-16(23)18(3,4)17(24)21-9-7-20(12-22)8-10-21/h5-6,11-12H,7-10H2,1-4H3,(H,19,23). The molecule has 3 amide bonds. The summed E-state index contributed by atoms with van der Waals surface area (Å²) in [6.07, 6.45) is 0.792. The maximum absolute atomic E-state index is 12.7. The molecule has 0 saturated carbocycles. The lowest BCUT2D eigenvalue weighted by Crippen LogP contribution is -2.54. The van der Waals surface area contributed by atoms with Crippen LogP contribution in [0.5, 0.6) is 0 Å². The molecule has 1 aliphatic heterocycles. The summed E-state index contributed by atoms with van der Waals surface area (Å²) in [5, 5.41) is 2.86. The van der Waals surface area contributed by atoms with Crippen molar-refractivity contribution >= 4 is 23.9 Å². The van der Waals surface area contributed by atoms with Gasteiger partial charge in [0.2, 0.25) is 18.2 Å². The van der Waals surface area contributed by atoms with Crippen molar-refractivity contribution in [1.82, 2.24) is 9.80 Å². The van der Waals surface area contributed by atoms with Crippen molar-refractivity contribution in [2.45, 2.75) is 27.7 Å². The molecule has 1 heterocycles. The van der Waals surface area contributed by atoms with E-state index in [1.165, 1.54) is 0 Å². The average Bonchev–Trinajstić information content (AvgIpc) is 2.56. The molecule has 0 spiro atoms. The Morgan fingerprint density at radius 1 is 1.12 bits per heavy atom. The second-order valence-corrected chi connectivity index (χ2v) is 6.83. The van der Waals surface area contributed by atoms with Gasteiger partial charge >= 0.3 is 0 Å². The van der Waals surface area contributed by atoms with Gasteiger partial charge in [-0.05, 0) is 39.3 Å². The third-order valence-corrected chi connectivity index (χ3v) is 4.48. The van der Waals surface area contributed by atoms with Gasteiger partial charge in [0.05, 0.1) is 0 Å². The number of piperazine rings is 1. The first kappa shape index (κ1) is 18.0. The first-order valence-electron chi connectivity index (χ1n) is 8.13. The Hall–Kier alpha value is -2.37. The average molecular weight is 331 g/mol. The topological polar surface area (TPSA) is 69.7 Å². The smallest absolute Gasteiger partial charge is 0.239 e. The summed E-state index contributed by atoms with van der Waals surface area (Å²) in [5.74, 6) is -0.535. The third kappa shape index (κ3) is 3.75. The van der Waals surface area contributed by atoms with Crippen LogP contribution in [-0.2, 0) is 14.4 Å². The first-order valence-corrected chi connectivity index (χ1v) is 8.13. The number of rotatable bonds is 4. The fraction of sp³-hybridized carbons (Fsp3) is 0.500. The number of anilines is 1. The van der Waals surface area contributed by atoms with Gasteiger partial charge in [-0.15, -0.1) is 0 Å². The highest BCUT2D eigenvalue weighted by Crippen LogP contribution is 2.24. The van der Waals surface area contributed by atoms with Crippen LogP contribution in [0.4, 0.5) is 5.69 Å². The molecule has 0 radical (unpaired) electrons. The maximum atomic E-state index is 12.7. The van der Waals surface area contributed by atoms with Crippen LogP contribution in [0, 0.1) is 19.3 Å². The van der Waals surface area contributed by atoms with Crippen LogP contribution in [0.25, 0.3) is 0 Å². The molecule has 0 bridgehead atoms. The highest BCUT2D eigenvalue weighted by atomic mass is 16.2. The van der Waals surface area contributed by atoms with Crippen LogP contribution < -0.4 is 5.32 Å². The summed E-state index contributed by atoms with van der Waals surface area (Å²) in [4.78, 5) is 39.4. The van der Waals surface area contributed by atoms with Gasteiger partial charge in [-0.2, -0.15) is 0 Å². The predicted octanol–water partition coefficient (Wildman–Crippen LogP) is 1.57. The maximum Gasteiger partial charge on any atom is 0.239 e. The molecule has 2 rings (SSSR count). The second-order valence-electron chi connectivity index (χ2n) is 6.83. The van der Waals surface area contributed by atoms with E-state index in [4.69, 9.17) is 0 Å². The number of benzene rings is 1. The Kier molecular flexibility index (Phi) is 5.26. The summed E-state index contributed by atoms with van der Waals surface area (Å²) >= 11 is 0. The minimum absolute atomic E-state index is 0.213. The normalized spacial score (nSPS) is 15.2. The minimum atomic E-state index is -1.17. The van der Waals surface area contributed by atoms with E-state index in [-0.39, 0.29) is 11.8 Å². The number of carbonyl (C=O) groups excluding carboxylic acids is 3. The lowest BCUT2D eigenvalue weighted by Gasteiger charge is -2.36. The summed E-state index contributed by atoms with van der Waals surface area (Å²) in [7, 11) is 0. The van der Waals surface area contributed by atoms with Crippen LogP contribution in [0.15, 0.2) is 18.2 Å². The highest BCUT2D eigenvalue weighted by molar-refractivity contribution is 6.10. The van der Waals surface area contributed by atoms with Gasteiger partial charge in [0.1, 0.15) is 5.41 Å². The Morgan fingerprint density at radius 2 is 1.75 bits per heavy atom. The molecule has 0 atom stereocenters. The molecule has 1 saturated heterocycles. The van der Waals surface area contributed by atoms with Crippen molar-refractivity contribution < 1.29 is 14.4 Å². The molecule has 1 N–H and O–H groups in total. The van der Waals surface area contributed by atoms with E-state index in [0.29, 0.717) is 26.2 Å². The van der Waals surface area contributed by atoms with Gasteiger partial charge < -0.3 is 15.1 Å². The number of nitrogens with one attached hydrogen (secondary N) is 1. The van der Waals surface area contributed by atoms with Crippen molar-refractivity contribution in [3.05, 3.63) is 29.3 Å². The Morgan fingerprint density at radius 3 is 2.29 bits per heavy atom. The van der Waals surface area contributed by atoms with Crippen molar-refractivity contribution in [3.8, 4) is 0 Å². The fourth-order valence-electron chi connectivity index (χ4n) is 2.76. The molecule has 6 nitrogen and oxygen atoms in total. The fourth-order valence-corrected chi connectivity index (χ4v) is 2.76. The van der Waals surface area contributed by atoms with Crippen molar-refractivity contribution in [1.29, 1.82) is 0 Å². The molecule has 1 aliphatic rings. The van der Waals surface area contributed by atoms with Crippen molar-refractivity contribution in [2.75, 3.05) is 31.5 Å². The molecule has 0 aromatic heterocycles. The van der Waals surface area contributed by atoms with Crippen LogP contribution in [0.3, 0.4) is 0 Å². The van der Waals surface area contributed by atoms with E-state index < -0.39 is 5.41 Å². The molecule has 24 heavy (non-hydrogen) atoms. The Balaban J connectivity index is 2.06. The number of aryl methyl sites for hydroxylation is 2. The Labute approximate surface area is 142 Å². The molecule has 1 aromatic rings. The Bertz CT molecular complexity index is 647. The zero-order valence-corrected chi connectivity index (χ0v) is 14.8. The molecule has 1 aromatic carbocycles. The third-order valence-electron chi connectivity index (χ3n) is 4.48. The summed E-state index contributed by atoms with van der Waals surface area (Å²) < 4.78 is 0. The highest BCUT2D eigenvalue weighted by Gasteiger charge is 2.40. The van der Waals surface area contributed by atoms with Crippen LogP contribution >= 0.6 is 0 Å². The van der Waals surface area contributed by atoms with E-state index in [1.807, 2.05) is 32.0 Å². The van der Waals surface area contributed by atoms with Gasteiger partial charge in [0.25, 0.3) is 0 Å². The quantitative estimate of drug-likeness (QED) is 0.672. The van der Waals surface area contributed by atoms with Gasteiger partial charge in [0.15, 0.2) is 0 Å². The van der Waals surface area contributed by atoms with Crippen molar-refractivity contribution in [3.63, 3.8) is 0 Å². The SMILES string of the molecule is Cc1ccc(NC(=O)C(C)(C)C(=O)N2CCN(C=O)CC2)c(C)c1. The number of carbonyl (C=O) groups is 3. The number of nitrogens with zero attached hydrogens (tertiary/aromatic N) is 2. The van der Waals surface area contributed by atoms with Crippen LogP contribution in [-0.4, -0.2) is 54.2 Å². The van der Waals surface area contributed by atoms with Gasteiger partial charge in [-0.1, -0.05) is 17.7 Å². The molecule has 130 valence electrons. The van der Waals surface area contributed by atoms with Gasteiger partial charge in [-0.3, -0.25) is 14.4 Å². The van der Waals surface area contributed by atoms with E-state index in [9.17, 15) is 14.4 Å². The molecule has 6 heteroatoms. The second kappa shape index (κ2) is 7.03. The molecule has 0 unspecified atom stereocenters. The minimum Gasteiger partial charge on any atom is -0.342 e. The van der Waals surface area contributed by atoms with E-state index in [1.54, 1.807) is 23.6 Å². The number of hydrogen-bond donors (Lipinski definition) is 1. The van der Waals surface area contributed by atoms with E-state index in [2.05, 4.69) is 5.32 Å². The largest absolute Gasteiger partial charge is 0.342 e. The summed E-state index contributed by atoms with van der Waals surface area (Å²) in [6.45, 7) is 9.12. The summed E-state index contributed by atoms with van der Waals surface area (Å²) in [5.41, 5.74) is 1.64. The molecular formula is C18H25N3O3. The lowest BCUT2D eigenvalue weighted by atomic mass is 9.89. The van der Waals surface area contributed by atoms with Crippen LogP contribution in [0.2, 0.25) is 0 Å². The van der Waals surface area contributed by atoms with E-state index in [0.717, 1.165) is 23.2 Å². The number of amides is 3. The summed E-state index contributed by atoms with van der Waals surface area (Å²) in [6, 6.07) is 5.77. The monoisotopic (exact) mass is 331 g/mol. The van der Waals surface area contributed by atoms with E-state index >= 15 is 0 Å². The number of hydrogen-bond acceptors (Lipinski definition) is 3. The van der Waals surface area contributed by atoms with Crippen LogP contribution in [0.1, 0.15) is 25.0 Å². The predicted molar refractivity (Wildman–Crippen MR) is 92.5 cm³/mol. The van der Waals surface area contributed by atoms with Gasteiger partial charge in [-0.25, -0.2) is 0 Å². The van der Waals surface area contributed by atoms with Crippen molar-refractivity contribution in [2.24, 2.45) is 5.41 Å². The lowest BCUT2D eigenvalue weighted by molar-refractivity contribution is -0.148. The molecule has 1 fully saturated rings. The molecule has 0 aliphatic carbocycles. The molecular weight excluding hydrogens is 306 g/mol. The zero-order valence-electron chi connectivity index (χ0n) is 14.8. The first-order chi connectivity index (χ1) is 11.3. The van der Waals surface area contributed by atoms with Gasteiger partial charge in [0, 0.05) is 31.9 Å².